The number of nitrogens with one attached hydrogen (secondary N) is 1. The van der Waals surface area contributed by atoms with E-state index >= 15 is 0 Å². The van der Waals surface area contributed by atoms with E-state index < -0.39 is 0 Å². The average molecular weight is 210 g/mol. The molecule has 4 nitrogen and oxygen atoms in total. The van der Waals surface area contributed by atoms with Gasteiger partial charge in [-0.3, -0.25) is 0 Å². The van der Waals surface area contributed by atoms with E-state index in [2.05, 4.69) is 10.3 Å². The van der Waals surface area contributed by atoms with E-state index in [9.17, 15) is 5.11 Å². The quantitative estimate of drug-likeness (QED) is 0.749. The lowest BCUT2D eigenvalue weighted by Crippen LogP contribution is -2.18. The van der Waals surface area contributed by atoms with Gasteiger partial charge in [0, 0.05) is 12.6 Å². The first-order chi connectivity index (χ1) is 7.26. The molecule has 0 aliphatic heterocycles. The molecule has 1 aromatic heterocycles. The van der Waals surface area contributed by atoms with Crippen LogP contribution in [-0.2, 0) is 0 Å². The second-order valence-corrected chi connectivity index (χ2v) is 3.24. The smallest absolute Gasteiger partial charge is 0.215 e. The third-order valence-electron chi connectivity index (χ3n) is 2.01. The van der Waals surface area contributed by atoms with Gasteiger partial charge in [-0.1, -0.05) is 13.0 Å². The molecule has 15 heavy (non-hydrogen) atoms. The maximum Gasteiger partial charge on any atom is 0.215 e. The highest BCUT2D eigenvalue weighted by Crippen LogP contribution is 2.11. The fourth-order valence-electron chi connectivity index (χ4n) is 1.11. The third kappa shape index (κ3) is 4.16. The number of rotatable bonds is 6. The number of ether oxygens (including phenoxy) is 1. The summed E-state index contributed by atoms with van der Waals surface area (Å²) in [5, 5.41) is 12.4. The van der Waals surface area contributed by atoms with Crippen LogP contribution in [0.1, 0.15) is 20.3 Å². The Balaban J connectivity index is 2.50. The van der Waals surface area contributed by atoms with Crippen LogP contribution in [0.3, 0.4) is 0 Å². The van der Waals surface area contributed by atoms with Gasteiger partial charge < -0.3 is 15.2 Å². The number of anilines is 1. The lowest BCUT2D eigenvalue weighted by atomic mass is 10.3. The lowest BCUT2D eigenvalue weighted by Gasteiger charge is -2.10. The first-order valence-electron chi connectivity index (χ1n) is 5.28. The zero-order valence-corrected chi connectivity index (χ0v) is 9.23. The molecule has 4 heteroatoms. The summed E-state index contributed by atoms with van der Waals surface area (Å²) >= 11 is 0. The highest BCUT2D eigenvalue weighted by atomic mass is 16.5. The summed E-state index contributed by atoms with van der Waals surface area (Å²) in [5.41, 5.74) is 0. The minimum Gasteiger partial charge on any atom is -0.478 e. The number of aliphatic hydroxyl groups excluding tert-OH is 1. The molecule has 0 saturated carbocycles. The van der Waals surface area contributed by atoms with Crippen LogP contribution in [0, 0.1) is 0 Å². The number of aliphatic hydroxyl groups is 1. The van der Waals surface area contributed by atoms with Crippen LogP contribution in [0.15, 0.2) is 18.2 Å². The van der Waals surface area contributed by atoms with Crippen molar-refractivity contribution < 1.29 is 9.84 Å². The van der Waals surface area contributed by atoms with Gasteiger partial charge in [-0.05, 0) is 19.4 Å². The van der Waals surface area contributed by atoms with Gasteiger partial charge in [-0.25, -0.2) is 0 Å². The molecule has 2 N–H and O–H groups in total. The lowest BCUT2D eigenvalue weighted by molar-refractivity contribution is 0.183. The zero-order valence-electron chi connectivity index (χ0n) is 9.23. The van der Waals surface area contributed by atoms with Crippen molar-refractivity contribution in [2.75, 3.05) is 18.5 Å². The number of hydrogen-bond acceptors (Lipinski definition) is 4. The van der Waals surface area contributed by atoms with Gasteiger partial charge in [0.15, 0.2) is 0 Å². The topological polar surface area (TPSA) is 54.4 Å². The second-order valence-electron chi connectivity index (χ2n) is 3.24. The molecule has 1 atom stereocenters. The summed E-state index contributed by atoms with van der Waals surface area (Å²) in [7, 11) is 0. The number of pyridine rings is 1. The van der Waals surface area contributed by atoms with E-state index in [1.807, 2.05) is 32.0 Å². The fraction of sp³-hybridized carbons (Fsp3) is 0.545. The Labute approximate surface area is 90.3 Å². The Kier molecular flexibility index (Phi) is 4.90. The third-order valence-corrected chi connectivity index (χ3v) is 2.01. The normalized spacial score (nSPS) is 12.2. The van der Waals surface area contributed by atoms with E-state index in [-0.39, 0.29) is 6.10 Å². The van der Waals surface area contributed by atoms with E-state index in [0.29, 0.717) is 19.0 Å². The van der Waals surface area contributed by atoms with Crippen LogP contribution in [-0.4, -0.2) is 29.3 Å². The number of nitrogens with zero attached hydrogens (tertiary/aromatic N) is 1. The molecule has 84 valence electrons. The fourth-order valence-corrected chi connectivity index (χ4v) is 1.11. The first kappa shape index (κ1) is 11.8. The Morgan fingerprint density at radius 1 is 1.47 bits per heavy atom. The van der Waals surface area contributed by atoms with Crippen LogP contribution in [0.25, 0.3) is 0 Å². The van der Waals surface area contributed by atoms with E-state index in [1.54, 1.807) is 0 Å². The van der Waals surface area contributed by atoms with Gasteiger partial charge in [0.2, 0.25) is 5.88 Å². The van der Waals surface area contributed by atoms with E-state index in [4.69, 9.17) is 4.74 Å². The van der Waals surface area contributed by atoms with Crippen molar-refractivity contribution >= 4 is 5.82 Å². The Hall–Kier alpha value is -1.29. The molecule has 0 fully saturated rings. The zero-order chi connectivity index (χ0) is 11.1. The monoisotopic (exact) mass is 210 g/mol. The summed E-state index contributed by atoms with van der Waals surface area (Å²) in [4.78, 5) is 4.22. The van der Waals surface area contributed by atoms with Crippen LogP contribution in [0.4, 0.5) is 5.82 Å². The van der Waals surface area contributed by atoms with Crippen LogP contribution in [0.5, 0.6) is 5.88 Å². The number of aromatic nitrogens is 1. The summed E-state index contributed by atoms with van der Waals surface area (Å²) in [6.07, 6.45) is 0.403. The molecule has 1 rings (SSSR count). The van der Waals surface area contributed by atoms with Crippen molar-refractivity contribution in [2.24, 2.45) is 0 Å². The molecular formula is C11H18N2O2. The SMILES string of the molecule is CCOc1cccc(NCC(O)CC)n1. The van der Waals surface area contributed by atoms with Crippen LogP contribution >= 0.6 is 0 Å². The summed E-state index contributed by atoms with van der Waals surface area (Å²) in [6.45, 7) is 4.98. The molecular weight excluding hydrogens is 192 g/mol. The Morgan fingerprint density at radius 2 is 2.27 bits per heavy atom. The van der Waals surface area contributed by atoms with Gasteiger partial charge in [0.1, 0.15) is 5.82 Å². The Morgan fingerprint density at radius 3 is 2.93 bits per heavy atom. The van der Waals surface area contributed by atoms with E-state index in [0.717, 1.165) is 12.2 Å². The molecule has 0 aliphatic carbocycles. The van der Waals surface area contributed by atoms with Gasteiger partial charge in [0.05, 0.1) is 12.7 Å². The molecule has 0 saturated heterocycles. The van der Waals surface area contributed by atoms with Crippen LogP contribution in [0.2, 0.25) is 0 Å². The highest BCUT2D eigenvalue weighted by Gasteiger charge is 2.01. The van der Waals surface area contributed by atoms with Gasteiger partial charge in [0.25, 0.3) is 0 Å². The van der Waals surface area contributed by atoms with Crippen molar-refractivity contribution in [3.05, 3.63) is 18.2 Å². The van der Waals surface area contributed by atoms with Crippen molar-refractivity contribution in [3.63, 3.8) is 0 Å². The predicted molar refractivity (Wildman–Crippen MR) is 60.2 cm³/mol. The van der Waals surface area contributed by atoms with Crippen molar-refractivity contribution in [2.45, 2.75) is 26.4 Å². The standard InChI is InChI=1S/C11H18N2O2/c1-3-9(14)8-12-10-6-5-7-11(13-10)15-4-2/h5-7,9,14H,3-4,8H2,1-2H3,(H,12,13). The molecule has 1 heterocycles. The molecule has 0 spiro atoms. The van der Waals surface area contributed by atoms with E-state index in [1.165, 1.54) is 0 Å². The van der Waals surface area contributed by atoms with Crippen LogP contribution < -0.4 is 10.1 Å². The van der Waals surface area contributed by atoms with Crippen molar-refractivity contribution in [1.29, 1.82) is 0 Å². The highest BCUT2D eigenvalue weighted by molar-refractivity contribution is 5.37. The number of hydrogen-bond donors (Lipinski definition) is 2. The first-order valence-corrected chi connectivity index (χ1v) is 5.28. The van der Waals surface area contributed by atoms with Gasteiger partial charge in [-0.2, -0.15) is 4.98 Å². The Bertz CT molecular complexity index is 292. The summed E-state index contributed by atoms with van der Waals surface area (Å²) in [6, 6.07) is 5.54. The summed E-state index contributed by atoms with van der Waals surface area (Å²) in [5.74, 6) is 1.34. The second kappa shape index (κ2) is 6.24. The molecule has 0 aromatic carbocycles. The predicted octanol–water partition coefficient (Wildman–Crippen LogP) is 1.66. The molecule has 0 radical (unpaired) electrons. The average Bonchev–Trinajstić information content (AvgIpc) is 2.27. The molecule has 0 bridgehead atoms. The molecule has 0 amide bonds. The minimum atomic E-state index is -0.331. The summed E-state index contributed by atoms with van der Waals surface area (Å²) < 4.78 is 5.27. The van der Waals surface area contributed by atoms with Gasteiger partial charge >= 0.3 is 0 Å². The molecule has 1 unspecified atom stereocenters. The largest absolute Gasteiger partial charge is 0.478 e. The molecule has 0 aliphatic rings. The van der Waals surface area contributed by atoms with Crippen molar-refractivity contribution in [1.82, 2.24) is 4.98 Å². The molecule has 1 aromatic rings. The van der Waals surface area contributed by atoms with Gasteiger partial charge in [-0.15, -0.1) is 0 Å². The minimum absolute atomic E-state index is 0.331. The maximum absolute atomic E-state index is 9.37. The maximum atomic E-state index is 9.37. The van der Waals surface area contributed by atoms with Crippen molar-refractivity contribution in [3.8, 4) is 5.88 Å².